The third kappa shape index (κ3) is 3.48. The fourth-order valence-corrected chi connectivity index (χ4v) is 3.54. The summed E-state index contributed by atoms with van der Waals surface area (Å²) in [5.41, 5.74) is 1.68. The molecule has 0 unspecified atom stereocenters. The summed E-state index contributed by atoms with van der Waals surface area (Å²) in [4.78, 5) is 1.22. The highest BCUT2D eigenvalue weighted by Crippen LogP contribution is 2.46. The maximum Gasteiger partial charge on any atom is 0.178 e. The van der Waals surface area contributed by atoms with Crippen molar-refractivity contribution in [3.05, 3.63) is 34.9 Å². The van der Waals surface area contributed by atoms with Crippen molar-refractivity contribution in [1.82, 2.24) is 0 Å². The summed E-state index contributed by atoms with van der Waals surface area (Å²) in [6.07, 6.45) is 0. The molecule has 0 aliphatic carbocycles. The third-order valence-electron chi connectivity index (χ3n) is 3.49. The zero-order valence-electron chi connectivity index (χ0n) is 13.0. The van der Waals surface area contributed by atoms with Crippen molar-refractivity contribution in [1.29, 1.82) is 0 Å². The van der Waals surface area contributed by atoms with Gasteiger partial charge in [0.25, 0.3) is 0 Å². The van der Waals surface area contributed by atoms with Crippen molar-refractivity contribution >= 4 is 41.4 Å². The fraction of sp³-hybridized carbons (Fsp3) is 0.250. The molecule has 0 saturated carbocycles. The number of hydrogen-bond acceptors (Lipinski definition) is 6. The molecule has 1 aliphatic heterocycles. The van der Waals surface area contributed by atoms with Crippen molar-refractivity contribution in [3.8, 4) is 17.2 Å². The number of rotatable bonds is 5. The zero-order valence-corrected chi connectivity index (χ0v) is 15.4. The maximum absolute atomic E-state index is 13.0. The van der Waals surface area contributed by atoms with E-state index >= 15 is 0 Å². The molecule has 24 heavy (non-hydrogen) atoms. The van der Waals surface area contributed by atoms with Crippen LogP contribution in [0.2, 0.25) is 5.02 Å². The van der Waals surface area contributed by atoms with Gasteiger partial charge < -0.3 is 18.9 Å². The minimum absolute atomic E-state index is 0.146. The zero-order chi connectivity index (χ0) is 17.1. The van der Waals surface area contributed by atoms with Gasteiger partial charge >= 0.3 is 0 Å². The predicted molar refractivity (Wildman–Crippen MR) is 96.6 cm³/mol. The van der Waals surface area contributed by atoms with Gasteiger partial charge in [0.2, 0.25) is 0 Å². The molecule has 128 valence electrons. The molecule has 0 aromatic heterocycles. The average molecular weight is 388 g/mol. The van der Waals surface area contributed by atoms with Gasteiger partial charge in [-0.1, -0.05) is 11.6 Å². The molecule has 3 rings (SSSR count). The van der Waals surface area contributed by atoms with Crippen LogP contribution in [0.1, 0.15) is 5.56 Å². The van der Waals surface area contributed by atoms with Crippen LogP contribution in [0, 0.1) is 6.92 Å². The number of benzene rings is 2. The number of methoxy groups -OCH3 is 1. The lowest BCUT2D eigenvalue weighted by molar-refractivity contribution is 0.163. The fourth-order valence-electron chi connectivity index (χ4n) is 2.27. The summed E-state index contributed by atoms with van der Waals surface area (Å²) >= 11 is 7.70. The van der Waals surface area contributed by atoms with E-state index in [2.05, 4.69) is 4.72 Å². The Morgan fingerprint density at radius 2 is 1.83 bits per heavy atom. The Labute approximate surface area is 153 Å². The Morgan fingerprint density at radius 3 is 2.50 bits per heavy atom. The summed E-state index contributed by atoms with van der Waals surface area (Å²) < 4.78 is 32.7. The van der Waals surface area contributed by atoms with E-state index < -0.39 is 0 Å². The Kier molecular flexibility index (Phi) is 5.53. The summed E-state index contributed by atoms with van der Waals surface area (Å²) in [5, 5.41) is 0.614. The van der Waals surface area contributed by atoms with Crippen molar-refractivity contribution in [3.63, 3.8) is 0 Å². The largest absolute Gasteiger partial charge is 0.496 e. The second-order valence-corrected chi connectivity index (χ2v) is 6.83. The molecule has 1 N–H and O–H groups in total. The Bertz CT molecular complexity index is 761. The first-order valence-electron chi connectivity index (χ1n) is 7.12. The van der Waals surface area contributed by atoms with Crippen molar-refractivity contribution in [2.24, 2.45) is 0 Å². The Balaban J connectivity index is 1.84. The van der Waals surface area contributed by atoms with Gasteiger partial charge in [0, 0.05) is 22.3 Å². The van der Waals surface area contributed by atoms with Crippen molar-refractivity contribution < 1.29 is 18.1 Å². The average Bonchev–Trinajstić information content (AvgIpc) is 2.62. The van der Waals surface area contributed by atoms with Crippen LogP contribution in [0.4, 0.5) is 9.57 Å². The molecule has 4 nitrogen and oxygen atoms in total. The Hall–Kier alpha value is -1.44. The first-order valence-corrected chi connectivity index (χ1v) is 9.03. The molecular weight excluding hydrogens is 373 g/mol. The molecule has 0 fully saturated rings. The molecule has 1 aliphatic rings. The van der Waals surface area contributed by atoms with Crippen LogP contribution >= 0.6 is 35.7 Å². The van der Waals surface area contributed by atoms with E-state index in [-0.39, 0.29) is 12.1 Å². The first-order chi connectivity index (χ1) is 11.6. The molecule has 0 spiro atoms. The van der Waals surface area contributed by atoms with Crippen LogP contribution in [0.15, 0.2) is 34.1 Å². The lowest BCUT2D eigenvalue weighted by Gasteiger charge is -2.22. The number of ether oxygens (including phenoxy) is 3. The standard InChI is InChI=1S/C16H15ClFNO3S2/c1-9-11(17)7-10(8-12(9)20-2)19-24-14-4-3-13(23-18)15-16(14)22-6-5-21-15/h3-4,7-8,19H,5-6H2,1-2H3. The first kappa shape index (κ1) is 17.4. The quantitative estimate of drug-likeness (QED) is 0.681. The molecule has 2 aromatic rings. The Morgan fingerprint density at radius 1 is 1.17 bits per heavy atom. The van der Waals surface area contributed by atoms with Crippen molar-refractivity contribution in [2.45, 2.75) is 16.7 Å². The van der Waals surface area contributed by atoms with E-state index in [1.807, 2.05) is 19.1 Å². The highest BCUT2D eigenvalue weighted by atomic mass is 35.5. The molecule has 0 bridgehead atoms. The second-order valence-electron chi connectivity index (χ2n) is 4.98. The third-order valence-corrected chi connectivity index (χ3v) is 5.25. The minimum Gasteiger partial charge on any atom is -0.496 e. The number of hydrogen-bond donors (Lipinski definition) is 1. The van der Waals surface area contributed by atoms with Crippen LogP contribution in [-0.4, -0.2) is 20.3 Å². The van der Waals surface area contributed by atoms with Gasteiger partial charge in [-0.25, -0.2) is 0 Å². The molecule has 8 heteroatoms. The van der Waals surface area contributed by atoms with Crippen LogP contribution in [0.25, 0.3) is 0 Å². The summed E-state index contributed by atoms with van der Waals surface area (Å²) in [7, 11) is 1.60. The monoisotopic (exact) mass is 387 g/mol. The lowest BCUT2D eigenvalue weighted by atomic mass is 10.2. The van der Waals surface area contributed by atoms with E-state index in [9.17, 15) is 3.89 Å². The predicted octanol–water partition coefficient (Wildman–Crippen LogP) is 5.52. The normalized spacial score (nSPS) is 12.8. The highest BCUT2D eigenvalue weighted by molar-refractivity contribution is 8.00. The topological polar surface area (TPSA) is 39.7 Å². The van der Waals surface area contributed by atoms with E-state index in [0.29, 0.717) is 40.4 Å². The van der Waals surface area contributed by atoms with Gasteiger partial charge in [-0.3, -0.25) is 0 Å². The molecule has 2 aromatic carbocycles. The van der Waals surface area contributed by atoms with Gasteiger partial charge in [0.1, 0.15) is 19.0 Å². The number of fused-ring (bicyclic) bond motifs is 1. The van der Waals surface area contributed by atoms with E-state index in [1.54, 1.807) is 19.2 Å². The summed E-state index contributed by atoms with van der Waals surface area (Å²) in [6.45, 7) is 2.74. The van der Waals surface area contributed by atoms with E-state index in [4.69, 9.17) is 25.8 Å². The summed E-state index contributed by atoms with van der Waals surface area (Å²) in [6, 6.07) is 7.15. The van der Waals surface area contributed by atoms with Gasteiger partial charge in [0.15, 0.2) is 11.5 Å². The SMILES string of the molecule is COc1cc(NSc2ccc(SF)c3c2OCCO3)cc(Cl)c1C. The molecule has 1 heterocycles. The number of nitrogens with one attached hydrogen (secondary N) is 1. The van der Waals surface area contributed by atoms with Gasteiger partial charge in [-0.2, -0.15) is 3.89 Å². The van der Waals surface area contributed by atoms with Crippen LogP contribution in [0.5, 0.6) is 17.2 Å². The number of anilines is 1. The maximum atomic E-state index is 13.0. The van der Waals surface area contributed by atoms with Crippen LogP contribution in [-0.2, 0) is 0 Å². The van der Waals surface area contributed by atoms with Crippen molar-refractivity contribution in [2.75, 3.05) is 25.0 Å². The van der Waals surface area contributed by atoms with E-state index in [0.717, 1.165) is 16.1 Å². The van der Waals surface area contributed by atoms with Crippen LogP contribution < -0.4 is 18.9 Å². The van der Waals surface area contributed by atoms with Gasteiger partial charge in [-0.15, -0.1) is 0 Å². The van der Waals surface area contributed by atoms with Gasteiger partial charge in [0.05, 0.1) is 29.0 Å². The molecular formula is C16H15ClFNO3S2. The highest BCUT2D eigenvalue weighted by Gasteiger charge is 2.21. The summed E-state index contributed by atoms with van der Waals surface area (Å²) in [5.74, 6) is 1.70. The molecule has 0 amide bonds. The molecule has 0 saturated heterocycles. The minimum atomic E-state index is 0.146. The van der Waals surface area contributed by atoms with E-state index in [1.165, 1.54) is 11.9 Å². The lowest BCUT2D eigenvalue weighted by Crippen LogP contribution is -2.16. The molecule has 0 radical (unpaired) electrons. The smallest absolute Gasteiger partial charge is 0.178 e. The number of halogens is 2. The van der Waals surface area contributed by atoms with Crippen LogP contribution in [0.3, 0.4) is 0 Å². The molecule has 0 atom stereocenters. The van der Waals surface area contributed by atoms with Gasteiger partial charge in [-0.05, 0) is 37.1 Å². The second kappa shape index (κ2) is 7.63.